The van der Waals surface area contributed by atoms with Crippen LogP contribution in [0.25, 0.3) is 0 Å². The van der Waals surface area contributed by atoms with Gasteiger partial charge in [0, 0.05) is 18.6 Å². The minimum absolute atomic E-state index is 0.0218. The van der Waals surface area contributed by atoms with Crippen LogP contribution in [0.15, 0.2) is 12.1 Å². The summed E-state index contributed by atoms with van der Waals surface area (Å²) < 4.78 is 10.5. The van der Waals surface area contributed by atoms with Crippen LogP contribution in [0.5, 0.6) is 11.5 Å². The summed E-state index contributed by atoms with van der Waals surface area (Å²) >= 11 is 0. The molecule has 23 heavy (non-hydrogen) atoms. The van der Waals surface area contributed by atoms with Gasteiger partial charge in [0.1, 0.15) is 11.5 Å². The van der Waals surface area contributed by atoms with Crippen LogP contribution in [-0.4, -0.2) is 41.8 Å². The van der Waals surface area contributed by atoms with E-state index in [2.05, 4.69) is 0 Å². The van der Waals surface area contributed by atoms with Gasteiger partial charge in [-0.25, -0.2) is 0 Å². The molecule has 0 spiro atoms. The Labute approximate surface area is 136 Å². The minimum Gasteiger partial charge on any atom is -0.508 e. The molecule has 0 amide bonds. The van der Waals surface area contributed by atoms with Crippen LogP contribution in [-0.2, 0) is 16.0 Å². The molecule has 0 heterocycles. The van der Waals surface area contributed by atoms with Crippen molar-refractivity contribution in [3.63, 3.8) is 0 Å². The lowest BCUT2D eigenvalue weighted by molar-refractivity contribution is -0.143. The first kappa shape index (κ1) is 19.0. The summed E-state index contributed by atoms with van der Waals surface area (Å²) in [6.07, 6.45) is 1.53. The number of carbonyl (C=O) groups excluding carboxylic acids is 2. The molecule has 0 aliphatic heterocycles. The Kier molecular flexibility index (Phi) is 8.11. The quantitative estimate of drug-likeness (QED) is 0.389. The first-order valence-electron chi connectivity index (χ1n) is 7.76. The number of Topliss-reactive ketones (excluding diaryl/α,β-unsaturated/α-hetero) is 1. The molecule has 0 fully saturated rings. The number of hydrogen-bond donors (Lipinski definition) is 2. The Balaban J connectivity index is 2.82. The third-order valence-corrected chi connectivity index (χ3v) is 3.28. The van der Waals surface area contributed by atoms with Crippen molar-refractivity contribution in [2.45, 2.75) is 39.5 Å². The maximum absolute atomic E-state index is 11.7. The molecule has 1 aromatic carbocycles. The first-order valence-corrected chi connectivity index (χ1v) is 7.76. The number of esters is 1. The molecule has 0 aliphatic rings. The predicted octanol–water partition coefficient (Wildman–Crippen LogP) is 2.24. The van der Waals surface area contributed by atoms with E-state index in [1.807, 2.05) is 0 Å². The van der Waals surface area contributed by atoms with Gasteiger partial charge in [0.15, 0.2) is 5.78 Å². The molecule has 6 heteroatoms. The minimum atomic E-state index is -0.292. The van der Waals surface area contributed by atoms with Gasteiger partial charge in [0.25, 0.3) is 0 Å². The lowest BCUT2D eigenvalue weighted by atomic mass is 10.0. The largest absolute Gasteiger partial charge is 0.508 e. The van der Waals surface area contributed by atoms with Gasteiger partial charge in [0.05, 0.1) is 18.8 Å². The van der Waals surface area contributed by atoms with E-state index in [1.165, 1.54) is 19.1 Å². The number of ketones is 1. The fourth-order valence-corrected chi connectivity index (χ4v) is 2.18. The number of benzene rings is 1. The molecule has 6 nitrogen and oxygen atoms in total. The van der Waals surface area contributed by atoms with Crippen molar-refractivity contribution in [1.82, 2.24) is 0 Å². The van der Waals surface area contributed by atoms with Gasteiger partial charge in [-0.15, -0.1) is 0 Å². The van der Waals surface area contributed by atoms with Crippen LogP contribution in [0.2, 0.25) is 0 Å². The van der Waals surface area contributed by atoms with Crippen LogP contribution < -0.4 is 4.74 Å². The fraction of sp³-hybridized carbons (Fsp3) is 0.529. The van der Waals surface area contributed by atoms with E-state index >= 15 is 0 Å². The van der Waals surface area contributed by atoms with Gasteiger partial charge in [0.2, 0.25) is 0 Å². The van der Waals surface area contributed by atoms with Gasteiger partial charge in [-0.3, -0.25) is 9.59 Å². The molecule has 0 saturated heterocycles. The van der Waals surface area contributed by atoms with E-state index in [9.17, 15) is 14.7 Å². The number of aliphatic hydroxyl groups excluding tert-OH is 1. The number of phenolic OH excluding ortho intramolecular Hbond substituents is 1. The van der Waals surface area contributed by atoms with Crippen molar-refractivity contribution in [3.8, 4) is 11.5 Å². The van der Waals surface area contributed by atoms with Gasteiger partial charge in [-0.05, 0) is 45.2 Å². The number of ether oxygens (including phenoxy) is 2. The molecule has 0 unspecified atom stereocenters. The number of rotatable bonds is 10. The molecule has 128 valence electrons. The standard InChI is InChI=1S/C17H24O6/c1-3-22-16(21)7-5-11-23-17-13(12(2)19)8-9-15(20)14(17)6-4-10-18/h8-9,18,20H,3-7,10-11H2,1-2H3. The van der Waals surface area contributed by atoms with Crippen LogP contribution in [0.3, 0.4) is 0 Å². The molecular formula is C17H24O6. The summed E-state index contributed by atoms with van der Waals surface area (Å²) in [5.41, 5.74) is 0.884. The molecule has 1 aromatic rings. The predicted molar refractivity (Wildman–Crippen MR) is 84.9 cm³/mol. The number of phenols is 1. The van der Waals surface area contributed by atoms with E-state index in [-0.39, 0.29) is 37.1 Å². The highest BCUT2D eigenvalue weighted by molar-refractivity contribution is 5.97. The smallest absolute Gasteiger partial charge is 0.305 e. The average molecular weight is 324 g/mol. The maximum atomic E-state index is 11.7. The molecule has 0 atom stereocenters. The van der Waals surface area contributed by atoms with Gasteiger partial charge in [-0.2, -0.15) is 0 Å². The molecule has 0 radical (unpaired) electrons. The molecule has 0 aromatic heterocycles. The van der Waals surface area contributed by atoms with E-state index in [0.29, 0.717) is 42.7 Å². The number of hydrogen-bond acceptors (Lipinski definition) is 6. The highest BCUT2D eigenvalue weighted by Crippen LogP contribution is 2.33. The Morgan fingerprint density at radius 2 is 1.96 bits per heavy atom. The zero-order chi connectivity index (χ0) is 17.2. The molecular weight excluding hydrogens is 300 g/mol. The second-order valence-electron chi connectivity index (χ2n) is 5.08. The Morgan fingerprint density at radius 3 is 2.57 bits per heavy atom. The first-order chi connectivity index (χ1) is 11.0. The number of aromatic hydroxyl groups is 1. The van der Waals surface area contributed by atoms with Crippen molar-refractivity contribution in [1.29, 1.82) is 0 Å². The van der Waals surface area contributed by atoms with E-state index < -0.39 is 0 Å². The third kappa shape index (κ3) is 5.90. The lowest BCUT2D eigenvalue weighted by Crippen LogP contribution is -2.09. The Hall–Kier alpha value is -2.08. The molecule has 0 aliphatic carbocycles. The summed E-state index contributed by atoms with van der Waals surface area (Å²) in [6, 6.07) is 2.97. The second-order valence-corrected chi connectivity index (χ2v) is 5.08. The topological polar surface area (TPSA) is 93.1 Å². The van der Waals surface area contributed by atoms with Gasteiger partial charge >= 0.3 is 5.97 Å². The second kappa shape index (κ2) is 9.84. The van der Waals surface area contributed by atoms with E-state index in [4.69, 9.17) is 14.6 Å². The number of aliphatic hydroxyl groups is 1. The SMILES string of the molecule is CCOC(=O)CCCOc1c(C(C)=O)ccc(O)c1CCCO. The summed E-state index contributed by atoms with van der Waals surface area (Å²) in [5.74, 6) is -0.103. The molecule has 1 rings (SSSR count). The zero-order valence-corrected chi connectivity index (χ0v) is 13.6. The third-order valence-electron chi connectivity index (χ3n) is 3.28. The van der Waals surface area contributed by atoms with Crippen LogP contribution in [0.1, 0.15) is 49.0 Å². The summed E-state index contributed by atoms with van der Waals surface area (Å²) in [5, 5.41) is 19.0. The van der Waals surface area contributed by atoms with E-state index in [1.54, 1.807) is 6.92 Å². The van der Waals surface area contributed by atoms with Crippen molar-refractivity contribution < 1.29 is 29.3 Å². The summed E-state index contributed by atoms with van der Waals surface area (Å²) in [4.78, 5) is 23.0. The molecule has 0 bridgehead atoms. The summed E-state index contributed by atoms with van der Waals surface area (Å²) in [6.45, 7) is 3.72. The molecule has 2 N–H and O–H groups in total. The van der Waals surface area contributed by atoms with Crippen LogP contribution >= 0.6 is 0 Å². The fourth-order valence-electron chi connectivity index (χ4n) is 2.18. The van der Waals surface area contributed by atoms with Gasteiger partial charge < -0.3 is 19.7 Å². The maximum Gasteiger partial charge on any atom is 0.305 e. The molecule has 0 saturated carbocycles. The average Bonchev–Trinajstić information content (AvgIpc) is 2.50. The van der Waals surface area contributed by atoms with Gasteiger partial charge in [-0.1, -0.05) is 0 Å². The van der Waals surface area contributed by atoms with Crippen LogP contribution in [0, 0.1) is 0 Å². The van der Waals surface area contributed by atoms with Crippen molar-refractivity contribution >= 4 is 11.8 Å². The summed E-state index contributed by atoms with van der Waals surface area (Å²) in [7, 11) is 0. The van der Waals surface area contributed by atoms with Crippen molar-refractivity contribution in [3.05, 3.63) is 23.3 Å². The monoisotopic (exact) mass is 324 g/mol. The van der Waals surface area contributed by atoms with E-state index in [0.717, 1.165) is 0 Å². The Bertz CT molecular complexity index is 538. The highest BCUT2D eigenvalue weighted by atomic mass is 16.5. The number of carbonyl (C=O) groups is 2. The van der Waals surface area contributed by atoms with Crippen LogP contribution in [0.4, 0.5) is 0 Å². The van der Waals surface area contributed by atoms with Crippen molar-refractivity contribution in [2.24, 2.45) is 0 Å². The normalized spacial score (nSPS) is 10.4. The lowest BCUT2D eigenvalue weighted by Gasteiger charge is -2.16. The Morgan fingerprint density at radius 1 is 1.22 bits per heavy atom. The van der Waals surface area contributed by atoms with Crippen molar-refractivity contribution in [2.75, 3.05) is 19.8 Å². The zero-order valence-electron chi connectivity index (χ0n) is 13.6. The highest BCUT2D eigenvalue weighted by Gasteiger charge is 2.17.